The zero-order valence-electron chi connectivity index (χ0n) is 14.1. The van der Waals surface area contributed by atoms with Crippen LogP contribution in [0.4, 0.5) is 0 Å². The van der Waals surface area contributed by atoms with E-state index in [4.69, 9.17) is 9.15 Å². The highest BCUT2D eigenvalue weighted by molar-refractivity contribution is 7.10. The molecule has 0 aromatic carbocycles. The van der Waals surface area contributed by atoms with Crippen molar-refractivity contribution >= 4 is 11.3 Å². The van der Waals surface area contributed by atoms with Gasteiger partial charge in [-0.3, -0.25) is 9.80 Å². The maximum absolute atomic E-state index is 5.80. The molecule has 2 aliphatic rings. The van der Waals surface area contributed by atoms with Crippen molar-refractivity contribution in [3.05, 3.63) is 34.2 Å². The number of likely N-dealkylation sites (N-methyl/N-ethyl adjacent to an activating group) is 1. The maximum atomic E-state index is 5.80. The molecule has 0 amide bonds. The first-order valence-electron chi connectivity index (χ1n) is 8.65. The van der Waals surface area contributed by atoms with Gasteiger partial charge in [0, 0.05) is 30.4 Å². The molecule has 7 heteroatoms. The van der Waals surface area contributed by atoms with Gasteiger partial charge < -0.3 is 9.15 Å². The Morgan fingerprint density at radius 2 is 2.17 bits per heavy atom. The number of hydrogen-bond donors (Lipinski definition) is 0. The first-order chi connectivity index (χ1) is 11.8. The predicted octanol–water partition coefficient (Wildman–Crippen LogP) is 2.51. The zero-order valence-corrected chi connectivity index (χ0v) is 14.9. The van der Waals surface area contributed by atoms with Gasteiger partial charge in [0.05, 0.1) is 25.8 Å². The largest absolute Gasteiger partial charge is 0.424 e. The molecule has 130 valence electrons. The van der Waals surface area contributed by atoms with E-state index in [0.29, 0.717) is 18.5 Å². The van der Waals surface area contributed by atoms with Gasteiger partial charge in [-0.15, -0.1) is 21.5 Å². The van der Waals surface area contributed by atoms with E-state index >= 15 is 0 Å². The van der Waals surface area contributed by atoms with Crippen LogP contribution in [0, 0.1) is 0 Å². The van der Waals surface area contributed by atoms with Crippen LogP contribution in [0.15, 0.2) is 21.9 Å². The molecule has 24 heavy (non-hydrogen) atoms. The van der Waals surface area contributed by atoms with Gasteiger partial charge in [-0.2, -0.15) is 0 Å². The summed E-state index contributed by atoms with van der Waals surface area (Å²) < 4.78 is 11.3. The molecule has 0 radical (unpaired) electrons. The summed E-state index contributed by atoms with van der Waals surface area (Å²) in [5, 5.41) is 10.5. The van der Waals surface area contributed by atoms with E-state index in [-0.39, 0.29) is 0 Å². The Bertz CT molecular complexity index is 635. The fourth-order valence-electron chi connectivity index (χ4n) is 3.17. The van der Waals surface area contributed by atoms with Crippen molar-refractivity contribution in [1.82, 2.24) is 20.0 Å². The summed E-state index contributed by atoms with van der Waals surface area (Å²) >= 11 is 1.83. The smallest absolute Gasteiger partial charge is 0.230 e. The number of hydrogen-bond acceptors (Lipinski definition) is 7. The van der Waals surface area contributed by atoms with E-state index in [1.54, 1.807) is 0 Å². The quantitative estimate of drug-likeness (QED) is 0.766. The monoisotopic (exact) mass is 348 g/mol. The molecule has 2 fully saturated rings. The van der Waals surface area contributed by atoms with Crippen LogP contribution in [0.5, 0.6) is 0 Å². The van der Waals surface area contributed by atoms with Crippen LogP contribution in [-0.2, 0) is 11.3 Å². The molecule has 1 aliphatic heterocycles. The third-order valence-corrected chi connectivity index (χ3v) is 5.63. The summed E-state index contributed by atoms with van der Waals surface area (Å²) in [7, 11) is 2.13. The van der Waals surface area contributed by atoms with Crippen molar-refractivity contribution in [2.24, 2.45) is 0 Å². The number of aromatic nitrogens is 2. The standard InChI is InChI=1S/C17H24N4O2S/c1-20(12-16-18-19-17(23-16)13-4-5-13)11-14(15-3-2-10-24-15)21-6-8-22-9-7-21/h2-3,10,13-14H,4-9,11-12H2,1H3/t14-/m0/s1. The van der Waals surface area contributed by atoms with Gasteiger partial charge in [0.15, 0.2) is 0 Å². The average molecular weight is 348 g/mol. The average Bonchev–Trinajstić information content (AvgIpc) is 3.11. The van der Waals surface area contributed by atoms with E-state index in [1.807, 2.05) is 11.3 Å². The van der Waals surface area contributed by atoms with Gasteiger partial charge in [0.25, 0.3) is 0 Å². The molecule has 1 saturated carbocycles. The van der Waals surface area contributed by atoms with Crippen molar-refractivity contribution in [1.29, 1.82) is 0 Å². The number of thiophene rings is 1. The molecule has 3 heterocycles. The Labute approximate surface area is 146 Å². The first kappa shape index (κ1) is 16.2. The molecule has 1 saturated heterocycles. The van der Waals surface area contributed by atoms with Crippen LogP contribution in [0.1, 0.15) is 41.5 Å². The van der Waals surface area contributed by atoms with E-state index in [2.05, 4.69) is 44.6 Å². The molecule has 1 atom stereocenters. The summed E-state index contributed by atoms with van der Waals surface area (Å²) in [6.07, 6.45) is 2.38. The Morgan fingerprint density at radius 3 is 2.88 bits per heavy atom. The second-order valence-electron chi connectivity index (χ2n) is 6.68. The van der Waals surface area contributed by atoms with Crippen molar-refractivity contribution in [2.45, 2.75) is 31.3 Å². The summed E-state index contributed by atoms with van der Waals surface area (Å²) in [5.41, 5.74) is 0. The normalized spacial score (nSPS) is 20.6. The summed E-state index contributed by atoms with van der Waals surface area (Å²) in [4.78, 5) is 6.22. The first-order valence-corrected chi connectivity index (χ1v) is 9.53. The van der Waals surface area contributed by atoms with E-state index < -0.39 is 0 Å². The lowest BCUT2D eigenvalue weighted by atomic mass is 10.1. The Morgan fingerprint density at radius 1 is 1.33 bits per heavy atom. The van der Waals surface area contributed by atoms with Crippen molar-refractivity contribution in [2.75, 3.05) is 39.9 Å². The van der Waals surface area contributed by atoms with Gasteiger partial charge in [0.1, 0.15) is 0 Å². The lowest BCUT2D eigenvalue weighted by Gasteiger charge is -2.35. The minimum atomic E-state index is 0.393. The molecule has 2 aromatic heterocycles. The highest BCUT2D eigenvalue weighted by Gasteiger charge is 2.30. The maximum Gasteiger partial charge on any atom is 0.230 e. The Hall–Kier alpha value is -1.28. The number of morpholine rings is 1. The predicted molar refractivity (Wildman–Crippen MR) is 92.1 cm³/mol. The fourth-order valence-corrected chi connectivity index (χ4v) is 4.02. The van der Waals surface area contributed by atoms with Crippen LogP contribution in [-0.4, -0.2) is 59.9 Å². The molecule has 0 unspecified atom stereocenters. The summed E-state index contributed by atoms with van der Waals surface area (Å²) in [5.74, 6) is 2.07. The minimum Gasteiger partial charge on any atom is -0.424 e. The van der Waals surface area contributed by atoms with E-state index in [9.17, 15) is 0 Å². The van der Waals surface area contributed by atoms with E-state index in [1.165, 1.54) is 17.7 Å². The topological polar surface area (TPSA) is 54.6 Å². The van der Waals surface area contributed by atoms with E-state index in [0.717, 1.165) is 44.6 Å². The molecule has 6 nitrogen and oxygen atoms in total. The minimum absolute atomic E-state index is 0.393. The van der Waals surface area contributed by atoms with Crippen LogP contribution in [0.25, 0.3) is 0 Å². The highest BCUT2D eigenvalue weighted by atomic mass is 32.1. The van der Waals surface area contributed by atoms with Crippen LogP contribution in [0.2, 0.25) is 0 Å². The van der Waals surface area contributed by atoms with Crippen LogP contribution >= 0.6 is 11.3 Å². The number of rotatable bonds is 7. The highest BCUT2D eigenvalue weighted by Crippen LogP contribution is 2.39. The number of ether oxygens (including phenoxy) is 1. The fraction of sp³-hybridized carbons (Fsp3) is 0.647. The Kier molecular flexibility index (Phi) is 4.93. The third kappa shape index (κ3) is 3.85. The van der Waals surface area contributed by atoms with Crippen molar-refractivity contribution in [3.8, 4) is 0 Å². The van der Waals surface area contributed by atoms with Gasteiger partial charge in [-0.25, -0.2) is 0 Å². The van der Waals surface area contributed by atoms with Crippen LogP contribution in [0.3, 0.4) is 0 Å². The molecular formula is C17H24N4O2S. The molecule has 2 aromatic rings. The summed E-state index contributed by atoms with van der Waals surface area (Å²) in [6.45, 7) is 5.26. The van der Waals surface area contributed by atoms with Gasteiger partial charge >= 0.3 is 0 Å². The SMILES string of the molecule is CN(Cc1nnc(C2CC2)o1)C[C@@H](c1cccs1)N1CCOCC1. The second-order valence-corrected chi connectivity index (χ2v) is 7.66. The van der Waals surface area contributed by atoms with Gasteiger partial charge in [-0.05, 0) is 31.3 Å². The molecule has 4 rings (SSSR count). The third-order valence-electron chi connectivity index (χ3n) is 4.66. The van der Waals surface area contributed by atoms with Crippen molar-refractivity contribution in [3.63, 3.8) is 0 Å². The molecular weight excluding hydrogens is 324 g/mol. The lowest BCUT2D eigenvalue weighted by molar-refractivity contribution is 0.00916. The van der Waals surface area contributed by atoms with Gasteiger partial charge in [0.2, 0.25) is 11.8 Å². The molecule has 1 aliphatic carbocycles. The number of nitrogens with zero attached hydrogens (tertiary/aromatic N) is 4. The molecule has 0 N–H and O–H groups in total. The summed E-state index contributed by atoms with van der Waals surface area (Å²) in [6, 6.07) is 4.76. The van der Waals surface area contributed by atoms with Crippen molar-refractivity contribution < 1.29 is 9.15 Å². The molecule has 0 bridgehead atoms. The second kappa shape index (κ2) is 7.31. The lowest BCUT2D eigenvalue weighted by Crippen LogP contribution is -2.42. The van der Waals surface area contributed by atoms with Crippen LogP contribution < -0.4 is 0 Å². The molecule has 0 spiro atoms. The Balaban J connectivity index is 1.40. The van der Waals surface area contributed by atoms with Gasteiger partial charge in [-0.1, -0.05) is 6.07 Å². The zero-order chi connectivity index (χ0) is 16.4.